The molecule has 1 aliphatic heterocycles. The van der Waals surface area contributed by atoms with E-state index in [1.165, 1.54) is 17.0 Å². The van der Waals surface area contributed by atoms with E-state index in [0.29, 0.717) is 11.8 Å². The first-order valence-corrected chi connectivity index (χ1v) is 11.1. The monoisotopic (exact) mass is 483 g/mol. The van der Waals surface area contributed by atoms with Crippen LogP contribution in [0.2, 0.25) is 0 Å². The Hall–Kier alpha value is -3.85. The second-order valence-corrected chi connectivity index (χ2v) is 8.58. The van der Waals surface area contributed by atoms with Gasteiger partial charge in [-0.25, -0.2) is 13.2 Å². The van der Waals surface area contributed by atoms with E-state index in [4.69, 9.17) is 5.73 Å². The maximum Gasteiger partial charge on any atom is 0.247 e. The number of benzene rings is 3. The summed E-state index contributed by atoms with van der Waals surface area (Å²) < 4.78 is 40.8. The minimum atomic E-state index is -1.30. The van der Waals surface area contributed by atoms with Gasteiger partial charge in [0.05, 0.1) is 0 Å². The van der Waals surface area contributed by atoms with Gasteiger partial charge in [0.25, 0.3) is 0 Å². The van der Waals surface area contributed by atoms with Crippen LogP contribution in [-0.4, -0.2) is 33.9 Å². The van der Waals surface area contributed by atoms with Gasteiger partial charge in [-0.15, -0.1) is 0 Å². The molecule has 0 bridgehead atoms. The fourth-order valence-corrected chi connectivity index (χ4v) is 4.17. The van der Waals surface area contributed by atoms with Crippen molar-refractivity contribution in [2.24, 2.45) is 5.73 Å². The molecule has 9 heteroatoms. The zero-order valence-electron chi connectivity index (χ0n) is 18.7. The van der Waals surface area contributed by atoms with Gasteiger partial charge in [0.2, 0.25) is 11.8 Å². The molecule has 6 nitrogen and oxygen atoms in total. The third-order valence-corrected chi connectivity index (χ3v) is 5.99. The number of rotatable bonds is 6. The molecule has 0 spiro atoms. The highest BCUT2D eigenvalue weighted by atomic mass is 19.2. The van der Waals surface area contributed by atoms with Crippen LogP contribution in [0, 0.1) is 17.5 Å². The smallest absolute Gasteiger partial charge is 0.247 e. The average molecular weight is 483 g/mol. The van der Waals surface area contributed by atoms with Gasteiger partial charge >= 0.3 is 0 Å². The summed E-state index contributed by atoms with van der Waals surface area (Å²) in [4.78, 5) is 27.9. The van der Waals surface area contributed by atoms with Gasteiger partial charge < -0.3 is 21.1 Å². The zero-order chi connectivity index (χ0) is 25.1. The lowest BCUT2D eigenvalue weighted by Gasteiger charge is -2.30. The van der Waals surface area contributed by atoms with E-state index in [-0.39, 0.29) is 43.0 Å². The van der Waals surface area contributed by atoms with Gasteiger partial charge in [-0.2, -0.15) is 0 Å². The van der Waals surface area contributed by atoms with Crippen molar-refractivity contribution in [3.8, 4) is 5.75 Å². The Bertz CT molecular complexity index is 1250. The number of nitrogens with zero attached hydrogens (tertiary/aromatic N) is 1. The number of nitrogens with two attached hydrogens (primary N) is 1. The van der Waals surface area contributed by atoms with E-state index in [9.17, 15) is 27.9 Å². The Morgan fingerprint density at radius 3 is 2.49 bits per heavy atom. The Morgan fingerprint density at radius 2 is 1.74 bits per heavy atom. The molecule has 0 aliphatic carbocycles. The minimum absolute atomic E-state index is 0.0786. The van der Waals surface area contributed by atoms with Crippen molar-refractivity contribution in [2.75, 3.05) is 5.32 Å². The average Bonchev–Trinajstić information content (AvgIpc) is 2.95. The summed E-state index contributed by atoms with van der Waals surface area (Å²) in [6.45, 7) is 0.142. The van der Waals surface area contributed by atoms with E-state index >= 15 is 0 Å². The van der Waals surface area contributed by atoms with E-state index in [1.54, 1.807) is 36.4 Å². The number of aromatic hydroxyl groups is 1. The van der Waals surface area contributed by atoms with Crippen LogP contribution in [0.25, 0.3) is 0 Å². The molecule has 0 aromatic heterocycles. The molecular weight excluding hydrogens is 459 g/mol. The molecule has 0 fully saturated rings. The van der Waals surface area contributed by atoms with E-state index in [2.05, 4.69) is 5.32 Å². The third-order valence-electron chi connectivity index (χ3n) is 5.99. The van der Waals surface area contributed by atoms with Crippen LogP contribution < -0.4 is 11.1 Å². The molecular formula is C26H24F3N3O3. The number of carbonyl (C=O) groups is 2. The fraction of sp³-hybridized carbons (Fsp3) is 0.231. The lowest BCUT2D eigenvalue weighted by atomic mass is 10.00. The molecule has 0 saturated heterocycles. The van der Waals surface area contributed by atoms with E-state index in [1.807, 2.05) is 0 Å². The molecule has 182 valence electrons. The lowest BCUT2D eigenvalue weighted by Crippen LogP contribution is -2.48. The molecule has 3 aromatic carbocycles. The quantitative estimate of drug-likeness (QED) is 0.467. The molecule has 0 saturated carbocycles. The molecule has 4 rings (SSSR count). The van der Waals surface area contributed by atoms with Crippen molar-refractivity contribution in [2.45, 2.75) is 37.9 Å². The summed E-state index contributed by atoms with van der Waals surface area (Å²) >= 11 is 0. The normalized spacial score (nSPS) is 16.3. The van der Waals surface area contributed by atoms with Gasteiger partial charge in [0.15, 0.2) is 11.6 Å². The number of amides is 2. The first-order chi connectivity index (χ1) is 16.7. The number of hydrogen-bond donors (Lipinski definition) is 3. The van der Waals surface area contributed by atoms with Crippen molar-refractivity contribution in [1.82, 2.24) is 4.90 Å². The summed E-state index contributed by atoms with van der Waals surface area (Å²) in [6, 6.07) is 12.9. The second-order valence-electron chi connectivity index (χ2n) is 8.58. The standard InChI is InChI=1S/C26H24F3N3O3/c27-20-13-22(29)21(28)11-17(20)10-18(30)12-25(34)32-14-16-3-1-2-4-23(16)31-26(35)24(32)9-15-5-7-19(33)8-6-15/h1-8,11,13,18,24,33H,9-10,12,14,30H2,(H,31,35)/t18-,24+/m1/s1. The number of hydrogen-bond acceptors (Lipinski definition) is 4. The summed E-state index contributed by atoms with van der Waals surface area (Å²) in [5, 5.41) is 12.4. The number of anilines is 1. The van der Waals surface area contributed by atoms with Crippen LogP contribution in [0.5, 0.6) is 5.75 Å². The van der Waals surface area contributed by atoms with Crippen LogP contribution in [0.4, 0.5) is 18.9 Å². The maximum atomic E-state index is 14.1. The fourth-order valence-electron chi connectivity index (χ4n) is 4.17. The summed E-state index contributed by atoms with van der Waals surface area (Å²) in [6.07, 6.45) is -0.229. The van der Waals surface area contributed by atoms with Crippen molar-refractivity contribution in [3.63, 3.8) is 0 Å². The number of phenolic OH excluding ortho intramolecular Hbond substituents is 1. The molecule has 2 atom stereocenters. The molecule has 2 amide bonds. The molecule has 4 N–H and O–H groups in total. The van der Waals surface area contributed by atoms with Crippen molar-refractivity contribution in [1.29, 1.82) is 0 Å². The minimum Gasteiger partial charge on any atom is -0.508 e. The molecule has 0 radical (unpaired) electrons. The van der Waals surface area contributed by atoms with Gasteiger partial charge in [0.1, 0.15) is 17.6 Å². The van der Waals surface area contributed by atoms with Gasteiger partial charge in [-0.05, 0) is 47.4 Å². The largest absolute Gasteiger partial charge is 0.508 e. The molecule has 35 heavy (non-hydrogen) atoms. The zero-order valence-corrected chi connectivity index (χ0v) is 18.7. The Kier molecular flexibility index (Phi) is 7.07. The molecule has 3 aromatic rings. The van der Waals surface area contributed by atoms with Crippen LogP contribution in [0.3, 0.4) is 0 Å². The molecule has 1 heterocycles. The van der Waals surface area contributed by atoms with Gasteiger partial charge in [-0.3, -0.25) is 9.59 Å². The highest BCUT2D eigenvalue weighted by Crippen LogP contribution is 2.26. The number of fused-ring (bicyclic) bond motifs is 1. The number of phenols is 1. The van der Waals surface area contributed by atoms with E-state index in [0.717, 1.165) is 17.2 Å². The maximum absolute atomic E-state index is 14.1. The van der Waals surface area contributed by atoms with Crippen molar-refractivity contribution >= 4 is 17.5 Å². The van der Waals surface area contributed by atoms with E-state index < -0.39 is 35.4 Å². The summed E-state index contributed by atoms with van der Waals surface area (Å²) in [5.41, 5.74) is 8.03. The van der Waals surface area contributed by atoms with Crippen LogP contribution in [0.1, 0.15) is 23.1 Å². The lowest BCUT2D eigenvalue weighted by molar-refractivity contribution is -0.139. The van der Waals surface area contributed by atoms with Gasteiger partial charge in [0, 0.05) is 37.2 Å². The second kappa shape index (κ2) is 10.2. The molecule has 0 unspecified atom stereocenters. The first-order valence-electron chi connectivity index (χ1n) is 11.1. The summed E-state index contributed by atoms with van der Waals surface area (Å²) in [7, 11) is 0. The number of halogens is 3. The third kappa shape index (κ3) is 5.63. The van der Waals surface area contributed by atoms with Crippen LogP contribution in [-0.2, 0) is 29.0 Å². The number of para-hydroxylation sites is 1. The Morgan fingerprint density at radius 1 is 1.06 bits per heavy atom. The summed E-state index contributed by atoms with van der Waals surface area (Å²) in [5.74, 6) is -4.18. The first kappa shape index (κ1) is 24.3. The topological polar surface area (TPSA) is 95.7 Å². The SMILES string of the molecule is N[C@@H](CC(=O)N1Cc2ccccc2NC(=O)[C@@H]1Cc1ccc(O)cc1)Cc1cc(F)c(F)cc1F. The van der Waals surface area contributed by atoms with Gasteiger partial charge in [-0.1, -0.05) is 30.3 Å². The highest BCUT2D eigenvalue weighted by Gasteiger charge is 2.34. The van der Waals surface area contributed by atoms with Crippen LogP contribution >= 0.6 is 0 Å². The Balaban J connectivity index is 1.57. The number of nitrogens with one attached hydrogen (secondary N) is 1. The van der Waals surface area contributed by atoms with Crippen molar-refractivity contribution < 1.29 is 27.9 Å². The highest BCUT2D eigenvalue weighted by molar-refractivity contribution is 5.99. The predicted octanol–water partition coefficient (Wildman–Crippen LogP) is 3.66. The molecule has 1 aliphatic rings. The predicted molar refractivity (Wildman–Crippen MR) is 124 cm³/mol. The number of carbonyl (C=O) groups excluding carboxylic acids is 2. The Labute approximate surface area is 200 Å². The van der Waals surface area contributed by atoms with Crippen molar-refractivity contribution in [3.05, 3.63) is 94.8 Å². The van der Waals surface area contributed by atoms with Crippen LogP contribution in [0.15, 0.2) is 60.7 Å².